The van der Waals surface area contributed by atoms with Crippen LogP contribution in [-0.2, 0) is 9.59 Å². The minimum atomic E-state index is -0.418. The fraction of sp³-hybridized carbons (Fsp3) is 0.474. The molecule has 1 aliphatic rings. The molecule has 1 amide bonds. The number of nitrogens with one attached hydrogen (secondary N) is 1. The van der Waals surface area contributed by atoms with Crippen LogP contribution in [0, 0.1) is 5.92 Å². The van der Waals surface area contributed by atoms with Gasteiger partial charge in [0.1, 0.15) is 0 Å². The van der Waals surface area contributed by atoms with Crippen LogP contribution < -0.4 is 14.8 Å². The molecule has 0 radical (unpaired) electrons. The largest absolute Gasteiger partial charge is 0.493 e. The van der Waals surface area contributed by atoms with Crippen molar-refractivity contribution in [2.24, 2.45) is 5.92 Å². The molecule has 0 unspecified atom stereocenters. The van der Waals surface area contributed by atoms with Crippen LogP contribution in [0.2, 0.25) is 0 Å². The Morgan fingerprint density at radius 2 is 1.88 bits per heavy atom. The second kappa shape index (κ2) is 8.52. The second-order valence-corrected chi connectivity index (χ2v) is 6.30. The number of esters is 1. The molecule has 1 fully saturated rings. The third-order valence-electron chi connectivity index (χ3n) is 4.23. The summed E-state index contributed by atoms with van der Waals surface area (Å²) in [4.78, 5) is 23.2. The van der Waals surface area contributed by atoms with E-state index in [9.17, 15) is 9.59 Å². The summed E-state index contributed by atoms with van der Waals surface area (Å²) in [6.45, 7) is 3.59. The van der Waals surface area contributed by atoms with E-state index >= 15 is 0 Å². The fourth-order valence-corrected chi connectivity index (χ4v) is 2.86. The molecule has 130 valence electrons. The van der Waals surface area contributed by atoms with E-state index in [1.165, 1.54) is 33.0 Å². The number of benzene rings is 1. The Balaban J connectivity index is 1.97. The molecule has 0 spiro atoms. The molecule has 1 aromatic rings. The number of amides is 1. The number of methoxy groups -OCH3 is 1. The van der Waals surface area contributed by atoms with Crippen molar-refractivity contribution in [3.05, 3.63) is 29.8 Å². The van der Waals surface area contributed by atoms with Gasteiger partial charge in [0.05, 0.1) is 7.11 Å². The van der Waals surface area contributed by atoms with Crippen molar-refractivity contribution in [1.29, 1.82) is 0 Å². The SMILES string of the molecule is COc1ccc(C=CC(=O)N[C@H]2CC[C@H](C)CC2)cc1OC(C)=O. The first kappa shape index (κ1) is 18.0. The van der Waals surface area contributed by atoms with Gasteiger partial charge in [0.15, 0.2) is 11.5 Å². The first-order valence-electron chi connectivity index (χ1n) is 8.33. The van der Waals surface area contributed by atoms with Crippen LogP contribution in [0.25, 0.3) is 6.08 Å². The lowest BCUT2D eigenvalue weighted by Gasteiger charge is -2.26. The van der Waals surface area contributed by atoms with Gasteiger partial charge >= 0.3 is 5.97 Å². The van der Waals surface area contributed by atoms with Gasteiger partial charge in [0.25, 0.3) is 0 Å². The zero-order valence-corrected chi connectivity index (χ0v) is 14.5. The molecule has 5 nitrogen and oxygen atoms in total. The van der Waals surface area contributed by atoms with E-state index in [-0.39, 0.29) is 11.9 Å². The quantitative estimate of drug-likeness (QED) is 0.511. The molecular formula is C19H25NO4. The Morgan fingerprint density at radius 3 is 2.50 bits per heavy atom. The lowest BCUT2D eigenvalue weighted by atomic mass is 9.87. The molecule has 0 heterocycles. The van der Waals surface area contributed by atoms with Crippen LogP contribution in [0.1, 0.15) is 45.1 Å². The topological polar surface area (TPSA) is 64.6 Å². The van der Waals surface area contributed by atoms with E-state index in [2.05, 4.69) is 12.2 Å². The summed E-state index contributed by atoms with van der Waals surface area (Å²) in [6, 6.07) is 5.45. The van der Waals surface area contributed by atoms with Gasteiger partial charge in [-0.05, 0) is 55.4 Å². The fourth-order valence-electron chi connectivity index (χ4n) is 2.86. The van der Waals surface area contributed by atoms with Crippen LogP contribution in [0.15, 0.2) is 24.3 Å². The van der Waals surface area contributed by atoms with E-state index in [4.69, 9.17) is 9.47 Å². The second-order valence-electron chi connectivity index (χ2n) is 6.30. The molecule has 1 saturated carbocycles. The molecule has 0 atom stereocenters. The molecule has 0 aliphatic heterocycles. The maximum atomic E-state index is 12.0. The van der Waals surface area contributed by atoms with E-state index < -0.39 is 5.97 Å². The predicted molar refractivity (Wildman–Crippen MR) is 92.9 cm³/mol. The van der Waals surface area contributed by atoms with E-state index in [0.29, 0.717) is 11.5 Å². The van der Waals surface area contributed by atoms with Crippen molar-refractivity contribution < 1.29 is 19.1 Å². The summed E-state index contributed by atoms with van der Waals surface area (Å²) in [5, 5.41) is 3.04. The highest BCUT2D eigenvalue weighted by Gasteiger charge is 2.18. The van der Waals surface area contributed by atoms with Crippen molar-refractivity contribution in [3.8, 4) is 11.5 Å². The van der Waals surface area contributed by atoms with Gasteiger partial charge < -0.3 is 14.8 Å². The van der Waals surface area contributed by atoms with Gasteiger partial charge in [-0.2, -0.15) is 0 Å². The van der Waals surface area contributed by atoms with Crippen LogP contribution >= 0.6 is 0 Å². The number of carbonyl (C=O) groups excluding carboxylic acids is 2. The predicted octanol–water partition coefficient (Wildman–Crippen LogP) is 3.33. The maximum Gasteiger partial charge on any atom is 0.308 e. The van der Waals surface area contributed by atoms with Crippen LogP contribution in [-0.4, -0.2) is 25.0 Å². The molecule has 0 bridgehead atoms. The molecule has 1 N–H and O–H groups in total. The van der Waals surface area contributed by atoms with Crippen LogP contribution in [0.3, 0.4) is 0 Å². The molecule has 0 saturated heterocycles. The van der Waals surface area contributed by atoms with Gasteiger partial charge in [-0.3, -0.25) is 9.59 Å². The minimum absolute atomic E-state index is 0.0978. The Kier molecular flexibility index (Phi) is 6.41. The normalized spacial score (nSPS) is 20.6. The van der Waals surface area contributed by atoms with Gasteiger partial charge in [-0.1, -0.05) is 13.0 Å². The number of hydrogen-bond donors (Lipinski definition) is 1. The van der Waals surface area contributed by atoms with Crippen molar-refractivity contribution >= 4 is 18.0 Å². The summed E-state index contributed by atoms with van der Waals surface area (Å²) < 4.78 is 10.3. The summed E-state index contributed by atoms with van der Waals surface area (Å²) in [7, 11) is 1.51. The lowest BCUT2D eigenvalue weighted by molar-refractivity contribution is -0.132. The summed E-state index contributed by atoms with van der Waals surface area (Å²) >= 11 is 0. The van der Waals surface area contributed by atoms with E-state index in [0.717, 1.165) is 24.3 Å². The van der Waals surface area contributed by atoms with Crippen molar-refractivity contribution in [1.82, 2.24) is 5.32 Å². The highest BCUT2D eigenvalue weighted by molar-refractivity contribution is 5.92. The Bertz CT molecular complexity index is 616. The number of hydrogen-bond acceptors (Lipinski definition) is 4. The van der Waals surface area contributed by atoms with Gasteiger partial charge in [0.2, 0.25) is 5.91 Å². The first-order chi connectivity index (χ1) is 11.5. The number of rotatable bonds is 5. The van der Waals surface area contributed by atoms with Crippen molar-refractivity contribution in [3.63, 3.8) is 0 Å². The lowest BCUT2D eigenvalue weighted by Crippen LogP contribution is -2.36. The minimum Gasteiger partial charge on any atom is -0.493 e. The zero-order chi connectivity index (χ0) is 17.5. The highest BCUT2D eigenvalue weighted by atomic mass is 16.6. The molecule has 0 aromatic heterocycles. The van der Waals surface area contributed by atoms with Gasteiger partial charge in [0, 0.05) is 19.0 Å². The van der Waals surface area contributed by atoms with Gasteiger partial charge in [-0.25, -0.2) is 0 Å². The molecule has 24 heavy (non-hydrogen) atoms. The van der Waals surface area contributed by atoms with Crippen LogP contribution in [0.4, 0.5) is 0 Å². The molecular weight excluding hydrogens is 306 g/mol. The summed E-state index contributed by atoms with van der Waals surface area (Å²) in [5.74, 6) is 1.06. The van der Waals surface area contributed by atoms with Crippen molar-refractivity contribution in [2.75, 3.05) is 7.11 Å². The highest BCUT2D eigenvalue weighted by Crippen LogP contribution is 2.28. The third-order valence-corrected chi connectivity index (χ3v) is 4.23. The summed E-state index contributed by atoms with van der Waals surface area (Å²) in [6.07, 6.45) is 7.63. The monoisotopic (exact) mass is 331 g/mol. The van der Waals surface area contributed by atoms with E-state index in [1.807, 2.05) is 0 Å². The maximum absolute atomic E-state index is 12.0. The zero-order valence-electron chi connectivity index (χ0n) is 14.5. The average Bonchev–Trinajstić information content (AvgIpc) is 2.55. The standard InChI is InChI=1S/C19H25NO4/c1-13-4-8-16(9-5-13)20-19(22)11-7-15-6-10-17(23-3)18(12-15)24-14(2)21/h6-7,10-13,16H,4-5,8-9H2,1-3H3,(H,20,22)/t13-,16-. The molecule has 1 aromatic carbocycles. The Labute approximate surface area is 143 Å². The number of carbonyl (C=O) groups is 2. The molecule has 1 aliphatic carbocycles. The van der Waals surface area contributed by atoms with Crippen LogP contribution in [0.5, 0.6) is 11.5 Å². The third kappa shape index (κ3) is 5.41. The molecule has 2 rings (SSSR count). The Hall–Kier alpha value is -2.30. The first-order valence-corrected chi connectivity index (χ1v) is 8.33. The average molecular weight is 331 g/mol. The van der Waals surface area contributed by atoms with Gasteiger partial charge in [-0.15, -0.1) is 0 Å². The smallest absolute Gasteiger partial charge is 0.308 e. The van der Waals surface area contributed by atoms with E-state index in [1.54, 1.807) is 24.3 Å². The number of ether oxygens (including phenoxy) is 2. The summed E-state index contributed by atoms with van der Waals surface area (Å²) in [5.41, 5.74) is 0.763. The van der Waals surface area contributed by atoms with Crippen molar-refractivity contribution in [2.45, 2.75) is 45.6 Å². The Morgan fingerprint density at radius 1 is 1.17 bits per heavy atom. The molecule has 5 heteroatoms.